The molecule has 4 rings (SSSR count). The molecule has 3 unspecified atom stereocenters. The van der Waals surface area contributed by atoms with Gasteiger partial charge in [0, 0.05) is 18.2 Å². The number of nitrogens with zero attached hydrogens (tertiary/aromatic N) is 1. The maximum Gasteiger partial charge on any atom is 0.290 e. The zero-order valence-corrected chi connectivity index (χ0v) is 14.7. The van der Waals surface area contributed by atoms with Crippen molar-refractivity contribution in [2.24, 2.45) is 28.7 Å². The van der Waals surface area contributed by atoms with Crippen LogP contribution in [0.15, 0.2) is 16.0 Å². The van der Waals surface area contributed by atoms with Gasteiger partial charge in [0.1, 0.15) is 0 Å². The summed E-state index contributed by atoms with van der Waals surface area (Å²) in [5.74, 6) is 2.34. The molecule has 4 aliphatic rings. The maximum absolute atomic E-state index is 11.8. The number of hydrogen-bond acceptors (Lipinski definition) is 5. The Balaban J connectivity index is 1.48. The third kappa shape index (κ3) is 3.31. The van der Waals surface area contributed by atoms with Gasteiger partial charge >= 0.3 is 0 Å². The number of nitrogens with one attached hydrogen (secondary N) is 2. The van der Waals surface area contributed by atoms with E-state index in [2.05, 4.69) is 16.7 Å². The molecule has 0 spiro atoms. The Morgan fingerprint density at radius 3 is 2.71 bits per heavy atom. The predicted octanol–water partition coefficient (Wildman–Crippen LogP) is 2.73. The van der Waals surface area contributed by atoms with Gasteiger partial charge in [0.05, 0.1) is 4.91 Å². The standard InChI is InChI=1S/C18H25N3O2S/c22-17-16(24-18(23)21-17)10-11-1-2-15-14(9-11)13(5-8-20-15)12-3-6-19-7-4-12/h10-14,19H,1-9H2,(H,21,22,23)/b16-10-. The minimum Gasteiger partial charge on any atom is -0.317 e. The van der Waals surface area contributed by atoms with Crippen LogP contribution >= 0.6 is 11.8 Å². The van der Waals surface area contributed by atoms with E-state index in [-0.39, 0.29) is 11.1 Å². The van der Waals surface area contributed by atoms with Gasteiger partial charge in [0.25, 0.3) is 11.1 Å². The zero-order chi connectivity index (χ0) is 16.5. The number of aliphatic imine (C=N–C) groups is 1. The van der Waals surface area contributed by atoms with E-state index >= 15 is 0 Å². The minimum absolute atomic E-state index is 0.219. The Labute approximate surface area is 147 Å². The molecule has 1 aliphatic carbocycles. The largest absolute Gasteiger partial charge is 0.317 e. The van der Waals surface area contributed by atoms with E-state index in [1.54, 1.807) is 0 Å². The van der Waals surface area contributed by atoms with Gasteiger partial charge in [-0.15, -0.1) is 0 Å². The second-order valence-electron chi connectivity index (χ2n) is 7.43. The molecule has 24 heavy (non-hydrogen) atoms. The van der Waals surface area contributed by atoms with Gasteiger partial charge in [-0.25, -0.2) is 0 Å². The van der Waals surface area contributed by atoms with E-state index in [0.717, 1.165) is 62.5 Å². The van der Waals surface area contributed by atoms with Crippen LogP contribution < -0.4 is 10.6 Å². The molecule has 0 aromatic heterocycles. The van der Waals surface area contributed by atoms with Gasteiger partial charge in [0.2, 0.25) is 0 Å². The SMILES string of the molecule is O=C1NC(=O)/C(=C/C2CCC3=NCCC(C4CCNCC4)C3C2)S1. The van der Waals surface area contributed by atoms with Crippen molar-refractivity contribution in [3.63, 3.8) is 0 Å². The molecule has 3 atom stereocenters. The van der Waals surface area contributed by atoms with Gasteiger partial charge < -0.3 is 5.32 Å². The third-order valence-electron chi connectivity index (χ3n) is 6.07. The van der Waals surface area contributed by atoms with Crippen LogP contribution in [0.2, 0.25) is 0 Å². The molecule has 130 valence electrons. The first-order chi connectivity index (χ1) is 11.7. The summed E-state index contributed by atoms with van der Waals surface area (Å²) in [5.41, 5.74) is 1.43. The lowest BCUT2D eigenvalue weighted by molar-refractivity contribution is -0.115. The predicted molar refractivity (Wildman–Crippen MR) is 96.0 cm³/mol. The van der Waals surface area contributed by atoms with Crippen LogP contribution in [0.4, 0.5) is 4.79 Å². The molecule has 2 amide bonds. The number of hydrogen-bond donors (Lipinski definition) is 2. The topological polar surface area (TPSA) is 70.6 Å². The summed E-state index contributed by atoms with van der Waals surface area (Å²) in [6.45, 7) is 3.29. The first-order valence-corrected chi connectivity index (χ1v) is 10.0. The second-order valence-corrected chi connectivity index (χ2v) is 8.44. The van der Waals surface area contributed by atoms with E-state index < -0.39 is 0 Å². The van der Waals surface area contributed by atoms with Gasteiger partial charge in [-0.3, -0.25) is 19.9 Å². The molecule has 3 aliphatic heterocycles. The van der Waals surface area contributed by atoms with Crippen LogP contribution in [0.5, 0.6) is 0 Å². The lowest BCUT2D eigenvalue weighted by Gasteiger charge is -2.42. The monoisotopic (exact) mass is 347 g/mol. The Hall–Kier alpha value is -1.14. The first kappa shape index (κ1) is 16.3. The molecule has 3 fully saturated rings. The molecule has 2 N–H and O–H groups in total. The van der Waals surface area contributed by atoms with E-state index in [4.69, 9.17) is 4.99 Å². The van der Waals surface area contributed by atoms with Gasteiger partial charge in [-0.05, 0) is 81.1 Å². The van der Waals surface area contributed by atoms with Crippen LogP contribution in [-0.4, -0.2) is 36.5 Å². The summed E-state index contributed by atoms with van der Waals surface area (Å²) in [7, 11) is 0. The van der Waals surface area contributed by atoms with E-state index in [9.17, 15) is 9.59 Å². The smallest absolute Gasteiger partial charge is 0.290 e. The molecule has 0 aromatic rings. The number of carbonyl (C=O) groups excluding carboxylic acids is 2. The van der Waals surface area contributed by atoms with Crippen molar-refractivity contribution in [1.82, 2.24) is 10.6 Å². The number of imide groups is 1. The summed E-state index contributed by atoms with van der Waals surface area (Å²) in [6, 6.07) is 0. The fourth-order valence-electron chi connectivity index (χ4n) is 4.91. The molecule has 0 aromatic carbocycles. The summed E-state index contributed by atoms with van der Waals surface area (Å²) < 4.78 is 0. The van der Waals surface area contributed by atoms with Crippen LogP contribution in [0.3, 0.4) is 0 Å². The first-order valence-electron chi connectivity index (χ1n) is 9.19. The lowest BCUT2D eigenvalue weighted by Crippen LogP contribution is -2.41. The number of amides is 2. The van der Waals surface area contributed by atoms with Crippen LogP contribution in [0.1, 0.15) is 38.5 Å². The fraction of sp³-hybridized carbons (Fsp3) is 0.722. The highest BCUT2D eigenvalue weighted by molar-refractivity contribution is 8.18. The third-order valence-corrected chi connectivity index (χ3v) is 6.90. The van der Waals surface area contributed by atoms with Crippen molar-refractivity contribution in [2.45, 2.75) is 38.5 Å². The van der Waals surface area contributed by atoms with E-state index in [0.29, 0.717) is 16.7 Å². The fourth-order valence-corrected chi connectivity index (χ4v) is 5.66. The highest BCUT2D eigenvalue weighted by atomic mass is 32.2. The van der Waals surface area contributed by atoms with Crippen molar-refractivity contribution in [3.8, 4) is 0 Å². The van der Waals surface area contributed by atoms with Crippen molar-refractivity contribution >= 4 is 28.6 Å². The molecule has 3 heterocycles. The minimum atomic E-state index is -0.241. The molecule has 5 nitrogen and oxygen atoms in total. The maximum atomic E-state index is 11.8. The number of carbonyl (C=O) groups is 2. The Kier molecular flexibility index (Phi) is 4.77. The number of thioether (sulfide) groups is 1. The molecule has 0 radical (unpaired) electrons. The van der Waals surface area contributed by atoms with Crippen LogP contribution in [0.25, 0.3) is 0 Å². The van der Waals surface area contributed by atoms with Crippen LogP contribution in [0, 0.1) is 23.7 Å². The number of fused-ring (bicyclic) bond motifs is 1. The molecule has 0 bridgehead atoms. The van der Waals surface area contributed by atoms with Gasteiger partial charge in [0.15, 0.2) is 0 Å². The highest BCUT2D eigenvalue weighted by Gasteiger charge is 2.39. The molecule has 6 heteroatoms. The molecule has 2 saturated heterocycles. The Morgan fingerprint density at radius 2 is 1.96 bits per heavy atom. The summed E-state index contributed by atoms with van der Waals surface area (Å²) >= 11 is 1.05. The summed E-state index contributed by atoms with van der Waals surface area (Å²) in [6.07, 6.45) is 9.05. The Morgan fingerprint density at radius 1 is 1.12 bits per heavy atom. The molecular weight excluding hydrogens is 322 g/mol. The second kappa shape index (κ2) is 7.00. The van der Waals surface area contributed by atoms with Crippen molar-refractivity contribution in [3.05, 3.63) is 11.0 Å². The highest BCUT2D eigenvalue weighted by Crippen LogP contribution is 2.43. The molecular formula is C18H25N3O2S. The van der Waals surface area contributed by atoms with E-state index in [1.165, 1.54) is 25.0 Å². The number of rotatable bonds is 2. The van der Waals surface area contributed by atoms with Crippen LogP contribution in [-0.2, 0) is 4.79 Å². The molecule has 1 saturated carbocycles. The quantitative estimate of drug-likeness (QED) is 0.754. The van der Waals surface area contributed by atoms with Crippen molar-refractivity contribution in [2.75, 3.05) is 19.6 Å². The average Bonchev–Trinajstić information content (AvgIpc) is 2.92. The summed E-state index contributed by atoms with van der Waals surface area (Å²) in [5, 5.41) is 5.59. The van der Waals surface area contributed by atoms with Crippen molar-refractivity contribution < 1.29 is 9.59 Å². The zero-order valence-electron chi connectivity index (χ0n) is 13.9. The normalized spacial score (nSPS) is 36.4. The van der Waals surface area contributed by atoms with Crippen molar-refractivity contribution in [1.29, 1.82) is 0 Å². The average molecular weight is 347 g/mol. The van der Waals surface area contributed by atoms with Gasteiger partial charge in [-0.2, -0.15) is 0 Å². The number of piperidine rings is 1. The van der Waals surface area contributed by atoms with Gasteiger partial charge in [-0.1, -0.05) is 6.08 Å². The lowest BCUT2D eigenvalue weighted by atomic mass is 9.65. The van der Waals surface area contributed by atoms with E-state index in [1.807, 2.05) is 0 Å². The summed E-state index contributed by atoms with van der Waals surface area (Å²) in [4.78, 5) is 28.6. The Bertz CT molecular complexity index is 595. The number of allylic oxidation sites excluding steroid dienone is 1.